The van der Waals surface area contributed by atoms with Crippen molar-refractivity contribution < 1.29 is 19.4 Å². The lowest BCUT2D eigenvalue weighted by Gasteiger charge is -2.25. The van der Waals surface area contributed by atoms with Crippen molar-refractivity contribution in [3.8, 4) is 5.75 Å². The SMILES string of the molecule is CCCCCOc1cccc(C2/C(=C(\O)c3ccc(Cl)cc3)C(=O)C(=O)N2Cc2cccnc2)c1. The van der Waals surface area contributed by atoms with E-state index in [0.29, 0.717) is 28.5 Å². The molecule has 1 N–H and O–H groups in total. The van der Waals surface area contributed by atoms with Crippen LogP contribution in [0.3, 0.4) is 0 Å². The Bertz CT molecular complexity index is 1230. The summed E-state index contributed by atoms with van der Waals surface area (Å²) in [6, 6.07) is 16.7. The number of ketones is 1. The van der Waals surface area contributed by atoms with Crippen LogP contribution >= 0.6 is 11.6 Å². The molecule has 1 aromatic heterocycles. The van der Waals surface area contributed by atoms with Crippen LogP contribution in [0.4, 0.5) is 0 Å². The van der Waals surface area contributed by atoms with E-state index < -0.39 is 17.7 Å². The van der Waals surface area contributed by atoms with Crippen molar-refractivity contribution in [2.75, 3.05) is 6.61 Å². The highest BCUT2D eigenvalue weighted by atomic mass is 35.5. The lowest BCUT2D eigenvalue weighted by atomic mass is 9.95. The van der Waals surface area contributed by atoms with Crippen LogP contribution in [-0.4, -0.2) is 33.3 Å². The normalized spacial score (nSPS) is 17.1. The van der Waals surface area contributed by atoms with Crippen molar-refractivity contribution in [3.63, 3.8) is 0 Å². The summed E-state index contributed by atoms with van der Waals surface area (Å²) >= 11 is 6.00. The van der Waals surface area contributed by atoms with E-state index >= 15 is 0 Å². The Labute approximate surface area is 209 Å². The summed E-state index contributed by atoms with van der Waals surface area (Å²) in [7, 11) is 0. The minimum Gasteiger partial charge on any atom is -0.507 e. The van der Waals surface area contributed by atoms with E-state index in [-0.39, 0.29) is 17.9 Å². The monoisotopic (exact) mass is 490 g/mol. The summed E-state index contributed by atoms with van der Waals surface area (Å²) < 4.78 is 5.92. The number of aliphatic hydroxyl groups excluding tert-OH is 1. The zero-order valence-corrected chi connectivity index (χ0v) is 20.2. The van der Waals surface area contributed by atoms with Gasteiger partial charge in [-0.05, 0) is 60.0 Å². The van der Waals surface area contributed by atoms with Gasteiger partial charge < -0.3 is 14.7 Å². The van der Waals surface area contributed by atoms with Crippen molar-refractivity contribution in [3.05, 3.63) is 100 Å². The molecule has 35 heavy (non-hydrogen) atoms. The molecule has 2 aromatic carbocycles. The Balaban J connectivity index is 1.77. The highest BCUT2D eigenvalue weighted by Gasteiger charge is 2.46. The number of halogens is 1. The second kappa shape index (κ2) is 11.2. The smallest absolute Gasteiger partial charge is 0.295 e. The summed E-state index contributed by atoms with van der Waals surface area (Å²) in [5, 5.41) is 11.7. The quantitative estimate of drug-likeness (QED) is 0.174. The van der Waals surface area contributed by atoms with Gasteiger partial charge in [0.2, 0.25) is 0 Å². The van der Waals surface area contributed by atoms with Crippen LogP contribution < -0.4 is 4.74 Å². The fraction of sp³-hybridized carbons (Fsp3) is 0.250. The largest absolute Gasteiger partial charge is 0.507 e. The first-order chi connectivity index (χ1) is 17.0. The van der Waals surface area contributed by atoms with Gasteiger partial charge in [0.25, 0.3) is 11.7 Å². The maximum atomic E-state index is 13.2. The van der Waals surface area contributed by atoms with Gasteiger partial charge in [-0.25, -0.2) is 0 Å². The van der Waals surface area contributed by atoms with Gasteiger partial charge in [0.15, 0.2) is 0 Å². The Kier molecular flexibility index (Phi) is 7.83. The first-order valence-electron chi connectivity index (χ1n) is 11.7. The third-order valence-electron chi connectivity index (χ3n) is 5.92. The molecule has 0 spiro atoms. The van der Waals surface area contributed by atoms with Gasteiger partial charge in [0, 0.05) is 29.5 Å². The number of likely N-dealkylation sites (tertiary alicyclic amines) is 1. The lowest BCUT2D eigenvalue weighted by molar-refractivity contribution is -0.140. The first kappa shape index (κ1) is 24.5. The third-order valence-corrected chi connectivity index (χ3v) is 6.18. The molecule has 1 atom stereocenters. The molecule has 180 valence electrons. The summed E-state index contributed by atoms with van der Waals surface area (Å²) in [6.45, 7) is 2.88. The van der Waals surface area contributed by atoms with Crippen molar-refractivity contribution in [1.82, 2.24) is 9.88 Å². The number of carbonyl (C=O) groups excluding carboxylic acids is 2. The van der Waals surface area contributed by atoms with E-state index in [2.05, 4.69) is 11.9 Å². The average Bonchev–Trinajstić information content (AvgIpc) is 3.12. The van der Waals surface area contributed by atoms with E-state index in [1.54, 1.807) is 42.7 Å². The highest BCUT2D eigenvalue weighted by Crippen LogP contribution is 2.41. The molecule has 1 fully saturated rings. The zero-order valence-electron chi connectivity index (χ0n) is 19.5. The van der Waals surface area contributed by atoms with Crippen LogP contribution in [0.5, 0.6) is 5.75 Å². The molecule has 0 aliphatic carbocycles. The molecule has 1 amide bonds. The zero-order chi connectivity index (χ0) is 24.8. The Hall–Kier alpha value is -3.64. The van der Waals surface area contributed by atoms with Crippen LogP contribution in [-0.2, 0) is 16.1 Å². The fourth-order valence-corrected chi connectivity index (χ4v) is 4.28. The first-order valence-corrected chi connectivity index (χ1v) is 12.0. The Morgan fingerprint density at radius 2 is 1.89 bits per heavy atom. The maximum absolute atomic E-state index is 13.2. The van der Waals surface area contributed by atoms with Gasteiger partial charge in [0.05, 0.1) is 18.2 Å². The number of aliphatic hydroxyl groups is 1. The molecule has 0 saturated carbocycles. The standard InChI is InChI=1S/C28H27ClN2O4/c1-2-3-4-15-35-23-9-5-8-21(16-23)25-24(26(32)20-10-12-22(29)13-11-20)27(33)28(34)31(25)18-19-7-6-14-30-17-19/h5-14,16-17,25,32H,2-4,15,18H2,1H3/b26-24+. The fourth-order valence-electron chi connectivity index (χ4n) is 4.16. The number of aromatic nitrogens is 1. The minimum atomic E-state index is -0.787. The Morgan fingerprint density at radius 1 is 1.09 bits per heavy atom. The summed E-state index contributed by atoms with van der Waals surface area (Å²) in [5.74, 6) is -1.01. The number of hydrogen-bond donors (Lipinski definition) is 1. The number of nitrogens with zero attached hydrogens (tertiary/aromatic N) is 2. The van der Waals surface area contributed by atoms with Gasteiger partial charge in [-0.1, -0.05) is 49.6 Å². The molecule has 1 unspecified atom stereocenters. The summed E-state index contributed by atoms with van der Waals surface area (Å²) in [6.07, 6.45) is 6.41. The number of amides is 1. The molecule has 1 saturated heterocycles. The highest BCUT2D eigenvalue weighted by molar-refractivity contribution is 6.46. The van der Waals surface area contributed by atoms with Gasteiger partial charge in [-0.2, -0.15) is 0 Å². The molecular weight excluding hydrogens is 464 g/mol. The number of carbonyl (C=O) groups is 2. The van der Waals surface area contributed by atoms with E-state index in [1.807, 2.05) is 30.3 Å². The number of unbranched alkanes of at least 4 members (excludes halogenated alkanes) is 2. The minimum absolute atomic E-state index is 0.0318. The van der Waals surface area contributed by atoms with Crippen LogP contribution in [0.2, 0.25) is 5.02 Å². The van der Waals surface area contributed by atoms with E-state index in [1.165, 1.54) is 4.90 Å². The molecule has 1 aliphatic heterocycles. The van der Waals surface area contributed by atoms with Crippen LogP contribution in [0.25, 0.3) is 5.76 Å². The van der Waals surface area contributed by atoms with Gasteiger partial charge in [-0.3, -0.25) is 14.6 Å². The van der Waals surface area contributed by atoms with Gasteiger partial charge in [0.1, 0.15) is 11.5 Å². The average molecular weight is 491 g/mol. The number of hydrogen-bond acceptors (Lipinski definition) is 5. The van der Waals surface area contributed by atoms with E-state index in [4.69, 9.17) is 16.3 Å². The molecular formula is C28H27ClN2O4. The van der Waals surface area contributed by atoms with E-state index in [9.17, 15) is 14.7 Å². The molecule has 7 heteroatoms. The second-order valence-electron chi connectivity index (χ2n) is 8.42. The molecule has 2 heterocycles. The molecule has 0 bridgehead atoms. The second-order valence-corrected chi connectivity index (χ2v) is 8.86. The molecule has 3 aromatic rings. The third kappa shape index (κ3) is 5.54. The number of pyridine rings is 1. The number of benzene rings is 2. The predicted octanol–water partition coefficient (Wildman–Crippen LogP) is 5.93. The summed E-state index contributed by atoms with van der Waals surface area (Å²) in [5.41, 5.74) is 1.89. The molecule has 0 radical (unpaired) electrons. The number of ether oxygens (including phenoxy) is 1. The maximum Gasteiger partial charge on any atom is 0.295 e. The number of rotatable bonds is 9. The van der Waals surface area contributed by atoms with Crippen LogP contribution in [0.15, 0.2) is 78.6 Å². The van der Waals surface area contributed by atoms with Crippen molar-refractivity contribution in [2.45, 2.75) is 38.8 Å². The van der Waals surface area contributed by atoms with Crippen LogP contribution in [0, 0.1) is 0 Å². The van der Waals surface area contributed by atoms with Crippen molar-refractivity contribution in [2.24, 2.45) is 0 Å². The topological polar surface area (TPSA) is 79.7 Å². The predicted molar refractivity (Wildman–Crippen MR) is 135 cm³/mol. The number of Topliss-reactive ketones (excluding diaryl/α,β-unsaturated/α-hetero) is 1. The molecule has 1 aliphatic rings. The lowest BCUT2D eigenvalue weighted by Crippen LogP contribution is -2.29. The van der Waals surface area contributed by atoms with E-state index in [0.717, 1.165) is 24.8 Å². The van der Waals surface area contributed by atoms with Crippen molar-refractivity contribution in [1.29, 1.82) is 0 Å². The molecule has 4 rings (SSSR count). The van der Waals surface area contributed by atoms with Crippen molar-refractivity contribution >= 4 is 29.1 Å². The Morgan fingerprint density at radius 3 is 2.60 bits per heavy atom. The summed E-state index contributed by atoms with van der Waals surface area (Å²) in [4.78, 5) is 32.0. The van der Waals surface area contributed by atoms with Crippen LogP contribution in [0.1, 0.15) is 48.9 Å². The van der Waals surface area contributed by atoms with Gasteiger partial charge >= 0.3 is 0 Å². The molecule has 6 nitrogen and oxygen atoms in total. The van der Waals surface area contributed by atoms with Gasteiger partial charge in [-0.15, -0.1) is 0 Å².